The molecule has 0 radical (unpaired) electrons. The first-order valence-corrected chi connectivity index (χ1v) is 9.20. The third-order valence-corrected chi connectivity index (χ3v) is 5.06. The molecule has 27 heavy (non-hydrogen) atoms. The fourth-order valence-electron chi connectivity index (χ4n) is 3.48. The van der Waals surface area contributed by atoms with Crippen molar-refractivity contribution >= 4 is 11.9 Å². The van der Waals surface area contributed by atoms with Gasteiger partial charge in [-0.1, -0.05) is 5.16 Å². The monoisotopic (exact) mass is 373 g/mol. The van der Waals surface area contributed by atoms with Crippen molar-refractivity contribution < 1.29 is 18.8 Å². The number of nitrogens with zero attached hydrogens (tertiary/aromatic N) is 5. The lowest BCUT2D eigenvalue weighted by Crippen LogP contribution is -2.37. The molecule has 2 aromatic heterocycles. The van der Waals surface area contributed by atoms with Gasteiger partial charge >= 0.3 is 6.09 Å². The number of piperidine rings is 1. The summed E-state index contributed by atoms with van der Waals surface area (Å²) in [5.74, 6) is 2.27. The predicted octanol–water partition coefficient (Wildman–Crippen LogP) is 1.91. The summed E-state index contributed by atoms with van der Waals surface area (Å²) in [4.78, 5) is 24.5. The van der Waals surface area contributed by atoms with E-state index in [0.717, 1.165) is 37.3 Å². The van der Waals surface area contributed by atoms with Crippen LogP contribution in [0.15, 0.2) is 22.9 Å². The van der Waals surface area contributed by atoms with Gasteiger partial charge in [0, 0.05) is 43.9 Å². The number of amides is 1. The summed E-state index contributed by atoms with van der Waals surface area (Å²) in [5.41, 5.74) is 0.859. The molecule has 0 saturated carbocycles. The van der Waals surface area contributed by atoms with Gasteiger partial charge in [-0.05, 0) is 25.0 Å². The van der Waals surface area contributed by atoms with Gasteiger partial charge in [0.2, 0.25) is 0 Å². The predicted molar refractivity (Wildman–Crippen MR) is 96.5 cm³/mol. The summed E-state index contributed by atoms with van der Waals surface area (Å²) in [7, 11) is 1.40. The Morgan fingerprint density at radius 3 is 2.74 bits per heavy atom. The molecule has 9 heteroatoms. The SMILES string of the molecule is COC(=O)N1CCC(c2noc(-c3ccnc(N4CCOCC4)c3)n2)CC1. The second kappa shape index (κ2) is 7.91. The van der Waals surface area contributed by atoms with Crippen LogP contribution in [-0.2, 0) is 9.47 Å². The van der Waals surface area contributed by atoms with Crippen molar-refractivity contribution in [1.29, 1.82) is 0 Å². The van der Waals surface area contributed by atoms with E-state index in [1.807, 2.05) is 12.1 Å². The molecule has 4 rings (SSSR count). The maximum Gasteiger partial charge on any atom is 0.409 e. The molecule has 9 nitrogen and oxygen atoms in total. The van der Waals surface area contributed by atoms with Gasteiger partial charge in [0.15, 0.2) is 5.82 Å². The highest BCUT2D eigenvalue weighted by atomic mass is 16.5. The van der Waals surface area contributed by atoms with Gasteiger partial charge in [0.25, 0.3) is 5.89 Å². The molecule has 1 amide bonds. The molecule has 0 aromatic carbocycles. The lowest BCUT2D eigenvalue weighted by Gasteiger charge is -2.29. The number of ether oxygens (including phenoxy) is 2. The van der Waals surface area contributed by atoms with E-state index in [-0.39, 0.29) is 12.0 Å². The summed E-state index contributed by atoms with van der Waals surface area (Å²) < 4.78 is 15.7. The third kappa shape index (κ3) is 3.87. The minimum atomic E-state index is -0.283. The number of hydrogen-bond acceptors (Lipinski definition) is 8. The lowest BCUT2D eigenvalue weighted by atomic mass is 9.96. The maximum absolute atomic E-state index is 11.6. The van der Waals surface area contributed by atoms with Gasteiger partial charge in [-0.2, -0.15) is 4.98 Å². The number of aromatic nitrogens is 3. The molecular weight excluding hydrogens is 350 g/mol. The average molecular weight is 373 g/mol. The van der Waals surface area contributed by atoms with E-state index in [1.54, 1.807) is 11.1 Å². The van der Waals surface area contributed by atoms with Crippen LogP contribution in [0.1, 0.15) is 24.6 Å². The molecule has 0 bridgehead atoms. The van der Waals surface area contributed by atoms with Crippen molar-refractivity contribution in [2.45, 2.75) is 18.8 Å². The fraction of sp³-hybridized carbons (Fsp3) is 0.556. The van der Waals surface area contributed by atoms with Crippen LogP contribution in [0.4, 0.5) is 10.6 Å². The number of likely N-dealkylation sites (tertiary alicyclic amines) is 1. The van der Waals surface area contributed by atoms with Gasteiger partial charge in [-0.3, -0.25) is 0 Å². The standard InChI is InChI=1S/C18H23N5O4/c1-25-18(24)23-6-3-13(4-7-23)16-20-17(27-21-16)14-2-5-19-15(12-14)22-8-10-26-11-9-22/h2,5,12-13H,3-4,6-11H2,1H3. The van der Waals surface area contributed by atoms with Crippen molar-refractivity contribution in [2.75, 3.05) is 51.4 Å². The second-order valence-electron chi connectivity index (χ2n) is 6.69. The largest absolute Gasteiger partial charge is 0.453 e. The summed E-state index contributed by atoms with van der Waals surface area (Å²) in [6.45, 7) is 4.34. The Bertz CT molecular complexity index is 782. The molecule has 4 heterocycles. The number of carbonyl (C=O) groups excluding carboxylic acids is 1. The first kappa shape index (κ1) is 17.7. The number of pyridine rings is 1. The zero-order valence-corrected chi connectivity index (χ0v) is 15.3. The number of methoxy groups -OCH3 is 1. The highest BCUT2D eigenvalue weighted by Gasteiger charge is 2.27. The number of rotatable bonds is 3. The van der Waals surface area contributed by atoms with Crippen LogP contribution in [0.25, 0.3) is 11.5 Å². The maximum atomic E-state index is 11.6. The Hall–Kier alpha value is -2.68. The summed E-state index contributed by atoms with van der Waals surface area (Å²) >= 11 is 0. The van der Waals surface area contributed by atoms with E-state index in [2.05, 4.69) is 20.0 Å². The molecule has 0 aliphatic carbocycles. The molecule has 2 aliphatic heterocycles. The van der Waals surface area contributed by atoms with E-state index < -0.39 is 0 Å². The topological polar surface area (TPSA) is 93.8 Å². The number of anilines is 1. The molecule has 0 atom stereocenters. The first-order chi connectivity index (χ1) is 13.2. The average Bonchev–Trinajstić information content (AvgIpc) is 3.24. The molecular formula is C18H23N5O4. The molecule has 0 N–H and O–H groups in total. The molecule has 2 saturated heterocycles. The van der Waals surface area contributed by atoms with Gasteiger partial charge in [0.05, 0.1) is 20.3 Å². The zero-order valence-electron chi connectivity index (χ0n) is 15.3. The lowest BCUT2D eigenvalue weighted by molar-refractivity contribution is 0.111. The van der Waals surface area contributed by atoms with Crippen LogP contribution < -0.4 is 4.90 Å². The first-order valence-electron chi connectivity index (χ1n) is 9.20. The van der Waals surface area contributed by atoms with Gasteiger partial charge in [-0.15, -0.1) is 0 Å². The van der Waals surface area contributed by atoms with E-state index in [0.29, 0.717) is 38.0 Å². The number of carbonyl (C=O) groups is 1. The Balaban J connectivity index is 1.44. The molecule has 0 unspecified atom stereocenters. The second-order valence-corrected chi connectivity index (χ2v) is 6.69. The van der Waals surface area contributed by atoms with E-state index in [1.165, 1.54) is 7.11 Å². The number of morpholine rings is 1. The van der Waals surface area contributed by atoms with Crippen LogP contribution in [0.2, 0.25) is 0 Å². The highest BCUT2D eigenvalue weighted by molar-refractivity contribution is 5.67. The third-order valence-electron chi connectivity index (χ3n) is 5.06. The van der Waals surface area contributed by atoms with Gasteiger partial charge in [-0.25, -0.2) is 9.78 Å². The van der Waals surface area contributed by atoms with Crippen LogP contribution in [-0.4, -0.2) is 72.6 Å². The number of hydrogen-bond donors (Lipinski definition) is 0. The van der Waals surface area contributed by atoms with Crippen LogP contribution in [0, 0.1) is 0 Å². The Morgan fingerprint density at radius 2 is 2.00 bits per heavy atom. The van der Waals surface area contributed by atoms with Crippen LogP contribution in [0.3, 0.4) is 0 Å². The molecule has 2 fully saturated rings. The van der Waals surface area contributed by atoms with Crippen molar-refractivity contribution in [1.82, 2.24) is 20.0 Å². The fourth-order valence-corrected chi connectivity index (χ4v) is 3.48. The normalized spacial score (nSPS) is 18.6. The van der Waals surface area contributed by atoms with E-state index in [9.17, 15) is 4.79 Å². The highest BCUT2D eigenvalue weighted by Crippen LogP contribution is 2.29. The van der Waals surface area contributed by atoms with Crippen molar-refractivity contribution in [2.24, 2.45) is 0 Å². The molecule has 144 valence electrons. The quantitative estimate of drug-likeness (QED) is 0.805. The van der Waals surface area contributed by atoms with E-state index >= 15 is 0 Å². The minimum absolute atomic E-state index is 0.184. The van der Waals surface area contributed by atoms with Crippen molar-refractivity contribution in [3.8, 4) is 11.5 Å². The minimum Gasteiger partial charge on any atom is -0.453 e. The summed E-state index contributed by atoms with van der Waals surface area (Å²) in [6, 6.07) is 3.85. The Kier molecular flexibility index (Phi) is 5.19. The van der Waals surface area contributed by atoms with Crippen LogP contribution >= 0.6 is 0 Å². The molecule has 0 spiro atoms. The van der Waals surface area contributed by atoms with Crippen molar-refractivity contribution in [3.05, 3.63) is 24.2 Å². The van der Waals surface area contributed by atoms with Gasteiger partial charge in [0.1, 0.15) is 5.82 Å². The zero-order chi connectivity index (χ0) is 18.6. The van der Waals surface area contributed by atoms with E-state index in [4.69, 9.17) is 14.0 Å². The molecule has 2 aliphatic rings. The molecule has 2 aromatic rings. The smallest absolute Gasteiger partial charge is 0.409 e. The summed E-state index contributed by atoms with van der Waals surface area (Å²) in [5, 5.41) is 4.17. The Labute approximate surface area is 157 Å². The summed E-state index contributed by atoms with van der Waals surface area (Å²) in [6.07, 6.45) is 3.07. The van der Waals surface area contributed by atoms with Crippen LogP contribution in [0.5, 0.6) is 0 Å². The Morgan fingerprint density at radius 1 is 1.22 bits per heavy atom. The van der Waals surface area contributed by atoms with Gasteiger partial charge < -0.3 is 23.8 Å². The van der Waals surface area contributed by atoms with Crippen molar-refractivity contribution in [3.63, 3.8) is 0 Å².